The van der Waals surface area contributed by atoms with Crippen LogP contribution in [0.4, 0.5) is 0 Å². The minimum atomic E-state index is -0.216. The molecule has 0 fully saturated rings. The number of rotatable bonds is 6. The summed E-state index contributed by atoms with van der Waals surface area (Å²) < 4.78 is 5.37. The van der Waals surface area contributed by atoms with Gasteiger partial charge in [0.1, 0.15) is 11.6 Å². The van der Waals surface area contributed by atoms with Gasteiger partial charge >= 0.3 is 0 Å². The molecule has 5 aromatic rings. The molecule has 9 nitrogen and oxygen atoms in total. The third-order valence-corrected chi connectivity index (χ3v) is 5.46. The van der Waals surface area contributed by atoms with Gasteiger partial charge in [0, 0.05) is 23.0 Å². The number of phenols is 1. The molecule has 170 valence electrons. The quantitative estimate of drug-likeness (QED) is 0.307. The van der Waals surface area contributed by atoms with E-state index in [4.69, 9.17) is 4.74 Å². The first-order valence-corrected chi connectivity index (χ1v) is 10.6. The van der Waals surface area contributed by atoms with Crippen LogP contribution in [0.3, 0.4) is 0 Å². The lowest BCUT2D eigenvalue weighted by atomic mass is 10.0. The zero-order chi connectivity index (χ0) is 23.7. The first-order chi connectivity index (χ1) is 16.5. The molecule has 34 heavy (non-hydrogen) atoms. The molecule has 0 saturated heterocycles. The number of hydrogen-bond donors (Lipinski definition) is 4. The van der Waals surface area contributed by atoms with Crippen molar-refractivity contribution in [1.82, 2.24) is 30.5 Å². The van der Waals surface area contributed by atoms with Gasteiger partial charge in [-0.1, -0.05) is 6.07 Å². The highest BCUT2D eigenvalue weighted by molar-refractivity contribution is 5.97. The van der Waals surface area contributed by atoms with Crippen molar-refractivity contribution in [2.24, 2.45) is 0 Å². The summed E-state index contributed by atoms with van der Waals surface area (Å²) in [6.45, 7) is 2.23. The van der Waals surface area contributed by atoms with Crippen LogP contribution in [0.1, 0.15) is 21.7 Å². The fourth-order valence-electron chi connectivity index (χ4n) is 3.78. The van der Waals surface area contributed by atoms with Gasteiger partial charge in [0.2, 0.25) is 5.88 Å². The second-order valence-electron chi connectivity index (χ2n) is 7.83. The summed E-state index contributed by atoms with van der Waals surface area (Å²) in [5.41, 5.74) is 5.70. The molecule has 0 spiro atoms. The molecule has 9 heteroatoms. The Morgan fingerprint density at radius 2 is 2.00 bits per heavy atom. The van der Waals surface area contributed by atoms with E-state index in [1.54, 1.807) is 43.6 Å². The number of nitrogens with zero attached hydrogens (tertiary/aromatic N) is 3. The topological polar surface area (TPSA) is 129 Å². The summed E-state index contributed by atoms with van der Waals surface area (Å²) in [6, 6.07) is 16.1. The minimum Gasteiger partial charge on any atom is -0.507 e. The molecule has 0 aliphatic rings. The number of amides is 1. The second kappa shape index (κ2) is 8.70. The van der Waals surface area contributed by atoms with Crippen LogP contribution < -0.4 is 10.1 Å². The number of methoxy groups -OCH3 is 1. The number of aromatic nitrogens is 5. The Labute approximate surface area is 194 Å². The number of aryl methyl sites for hydroxylation is 1. The highest BCUT2D eigenvalue weighted by atomic mass is 16.5. The van der Waals surface area contributed by atoms with Gasteiger partial charge in [-0.3, -0.25) is 9.89 Å². The first-order valence-electron chi connectivity index (χ1n) is 10.6. The Morgan fingerprint density at radius 3 is 2.79 bits per heavy atom. The number of carbonyl (C=O) groups excluding carboxylic acids is 1. The van der Waals surface area contributed by atoms with E-state index in [0.29, 0.717) is 40.4 Å². The molecular weight excluding hydrogens is 432 g/mol. The fraction of sp³-hybridized carbons (Fsp3) is 0.120. The number of aromatic amines is 2. The van der Waals surface area contributed by atoms with E-state index in [2.05, 4.69) is 30.5 Å². The number of ether oxygens (including phenoxy) is 1. The highest BCUT2D eigenvalue weighted by Crippen LogP contribution is 2.35. The Balaban J connectivity index is 1.44. The van der Waals surface area contributed by atoms with Crippen molar-refractivity contribution in [3.8, 4) is 34.1 Å². The third kappa shape index (κ3) is 4.06. The monoisotopic (exact) mass is 454 g/mol. The summed E-state index contributed by atoms with van der Waals surface area (Å²) in [6.07, 6.45) is 1.66. The number of fused-ring (bicyclic) bond motifs is 1. The summed E-state index contributed by atoms with van der Waals surface area (Å²) in [5, 5.41) is 20.4. The first kappa shape index (κ1) is 21.2. The van der Waals surface area contributed by atoms with Gasteiger partial charge in [-0.15, -0.1) is 0 Å². The number of nitrogens with one attached hydrogen (secondary N) is 3. The molecule has 0 unspecified atom stereocenters. The van der Waals surface area contributed by atoms with Crippen LogP contribution in [-0.2, 0) is 6.54 Å². The number of aromatic hydroxyl groups is 1. The largest absolute Gasteiger partial charge is 0.507 e. The SMILES string of the molecule is COc1ncccc1-c1ccc(O)c(-c2nc3ccc(C(=O)NCc4cc(C)[nH]n4)cc3[nH]2)c1. The van der Waals surface area contributed by atoms with Gasteiger partial charge in [0.25, 0.3) is 5.91 Å². The van der Waals surface area contributed by atoms with E-state index in [9.17, 15) is 9.90 Å². The molecule has 0 aliphatic heterocycles. The number of phenolic OH excluding ortho intramolecular Hbond substituents is 1. The van der Waals surface area contributed by atoms with E-state index in [0.717, 1.165) is 22.5 Å². The molecule has 1 amide bonds. The highest BCUT2D eigenvalue weighted by Gasteiger charge is 2.15. The lowest BCUT2D eigenvalue weighted by Crippen LogP contribution is -2.22. The lowest BCUT2D eigenvalue weighted by Gasteiger charge is -2.09. The smallest absolute Gasteiger partial charge is 0.251 e. The van der Waals surface area contributed by atoms with E-state index < -0.39 is 0 Å². The van der Waals surface area contributed by atoms with Crippen molar-refractivity contribution < 1.29 is 14.6 Å². The normalized spacial score (nSPS) is 11.0. The van der Waals surface area contributed by atoms with Crippen LogP contribution in [-0.4, -0.2) is 43.3 Å². The molecule has 0 radical (unpaired) electrons. The van der Waals surface area contributed by atoms with Crippen molar-refractivity contribution in [3.05, 3.63) is 77.7 Å². The number of imidazole rings is 1. The molecule has 2 aromatic carbocycles. The van der Waals surface area contributed by atoms with Crippen molar-refractivity contribution in [2.45, 2.75) is 13.5 Å². The van der Waals surface area contributed by atoms with Gasteiger partial charge < -0.3 is 20.1 Å². The molecule has 0 aliphatic carbocycles. The van der Waals surface area contributed by atoms with E-state index in [-0.39, 0.29) is 11.7 Å². The van der Waals surface area contributed by atoms with Crippen LogP contribution in [0, 0.1) is 6.92 Å². The lowest BCUT2D eigenvalue weighted by molar-refractivity contribution is 0.0950. The molecule has 0 atom stereocenters. The maximum Gasteiger partial charge on any atom is 0.251 e. The predicted octanol–water partition coefficient (Wildman–Crippen LogP) is 3.97. The van der Waals surface area contributed by atoms with Crippen LogP contribution >= 0.6 is 0 Å². The third-order valence-electron chi connectivity index (χ3n) is 5.46. The van der Waals surface area contributed by atoms with Crippen molar-refractivity contribution >= 4 is 16.9 Å². The zero-order valence-corrected chi connectivity index (χ0v) is 18.6. The van der Waals surface area contributed by atoms with E-state index in [1.807, 2.05) is 31.2 Å². The summed E-state index contributed by atoms with van der Waals surface area (Å²) >= 11 is 0. The van der Waals surface area contributed by atoms with Gasteiger partial charge in [-0.25, -0.2) is 9.97 Å². The molecule has 0 saturated carbocycles. The Kier molecular flexibility index (Phi) is 5.43. The maximum absolute atomic E-state index is 12.6. The van der Waals surface area contributed by atoms with E-state index in [1.165, 1.54) is 0 Å². The summed E-state index contributed by atoms with van der Waals surface area (Å²) in [7, 11) is 1.57. The van der Waals surface area contributed by atoms with Crippen molar-refractivity contribution in [3.63, 3.8) is 0 Å². The van der Waals surface area contributed by atoms with Crippen LogP contribution in [0.25, 0.3) is 33.5 Å². The fourth-order valence-corrected chi connectivity index (χ4v) is 3.78. The van der Waals surface area contributed by atoms with Crippen LogP contribution in [0.2, 0.25) is 0 Å². The minimum absolute atomic E-state index is 0.0814. The standard InChI is InChI=1S/C25H22N6O3/c1-14-10-17(31-30-14)13-27-24(33)16-5-7-20-21(12-16)29-23(28-20)19-11-15(6-8-22(19)32)18-4-3-9-26-25(18)34-2/h3-12,32H,13H2,1-2H3,(H,27,33)(H,28,29)(H,30,31). The van der Waals surface area contributed by atoms with Crippen LogP contribution in [0.5, 0.6) is 11.6 Å². The van der Waals surface area contributed by atoms with E-state index >= 15 is 0 Å². The Morgan fingerprint density at radius 1 is 1.12 bits per heavy atom. The molecule has 3 heterocycles. The van der Waals surface area contributed by atoms with Gasteiger partial charge in [-0.05, 0) is 61.0 Å². The number of H-pyrrole nitrogens is 2. The average Bonchev–Trinajstić information content (AvgIpc) is 3.48. The molecule has 3 aromatic heterocycles. The second-order valence-corrected chi connectivity index (χ2v) is 7.83. The number of benzene rings is 2. The number of carbonyl (C=O) groups is 1. The molecular formula is C25H22N6O3. The van der Waals surface area contributed by atoms with Crippen molar-refractivity contribution in [1.29, 1.82) is 0 Å². The maximum atomic E-state index is 12.6. The summed E-state index contributed by atoms with van der Waals surface area (Å²) in [4.78, 5) is 24.7. The molecule has 4 N–H and O–H groups in total. The van der Waals surface area contributed by atoms with Gasteiger partial charge in [0.15, 0.2) is 0 Å². The zero-order valence-electron chi connectivity index (χ0n) is 18.6. The summed E-state index contributed by atoms with van der Waals surface area (Å²) in [5.74, 6) is 0.844. The van der Waals surface area contributed by atoms with Gasteiger partial charge in [0.05, 0.1) is 35.9 Å². The van der Waals surface area contributed by atoms with Crippen molar-refractivity contribution in [2.75, 3.05) is 7.11 Å². The Bertz CT molecular complexity index is 1500. The number of pyridine rings is 1. The van der Waals surface area contributed by atoms with Crippen LogP contribution in [0.15, 0.2) is 60.8 Å². The predicted molar refractivity (Wildman–Crippen MR) is 127 cm³/mol. The van der Waals surface area contributed by atoms with Gasteiger partial charge in [-0.2, -0.15) is 5.10 Å². The number of hydrogen-bond acceptors (Lipinski definition) is 6. The molecule has 5 rings (SSSR count). The Hall–Kier alpha value is -4.66. The average molecular weight is 454 g/mol. The molecule has 0 bridgehead atoms.